The Labute approximate surface area is 122 Å². The van der Waals surface area contributed by atoms with E-state index in [9.17, 15) is 0 Å². The van der Waals surface area contributed by atoms with Crippen LogP contribution in [0.5, 0.6) is 0 Å². The standard InChI is InChI=1S/C19H22N/c1-13-10-15-12-14(2)20(18(15)11-13)17-8-6-16(7-9-17)19(3,4)5/h6-9,11-12,18H,1-5H3. The van der Waals surface area contributed by atoms with E-state index < -0.39 is 0 Å². The number of hydrogen-bond donors (Lipinski definition) is 0. The van der Waals surface area contributed by atoms with Crippen LogP contribution in [0.2, 0.25) is 0 Å². The molecule has 1 unspecified atom stereocenters. The highest BCUT2D eigenvalue weighted by Crippen LogP contribution is 2.37. The van der Waals surface area contributed by atoms with Crippen molar-refractivity contribution in [2.45, 2.75) is 46.1 Å². The van der Waals surface area contributed by atoms with Crippen molar-refractivity contribution < 1.29 is 0 Å². The van der Waals surface area contributed by atoms with Gasteiger partial charge in [-0.3, -0.25) is 0 Å². The van der Waals surface area contributed by atoms with Gasteiger partial charge >= 0.3 is 0 Å². The van der Waals surface area contributed by atoms with Crippen molar-refractivity contribution in [1.29, 1.82) is 0 Å². The molecule has 1 heterocycles. The molecular formula is C19H22N. The van der Waals surface area contributed by atoms with Gasteiger partial charge in [0.05, 0.1) is 6.04 Å². The Morgan fingerprint density at radius 1 is 1.05 bits per heavy atom. The van der Waals surface area contributed by atoms with E-state index in [0.717, 1.165) is 0 Å². The maximum Gasteiger partial charge on any atom is 0.0784 e. The average molecular weight is 264 g/mol. The largest absolute Gasteiger partial charge is 0.334 e. The summed E-state index contributed by atoms with van der Waals surface area (Å²) in [6.07, 6.45) is 7.98. The molecule has 1 nitrogen and oxygen atoms in total. The summed E-state index contributed by atoms with van der Waals surface area (Å²) in [6, 6.07) is 9.32. The van der Waals surface area contributed by atoms with Crippen LogP contribution in [0.25, 0.3) is 0 Å². The Bertz CT molecular complexity index is 621. The van der Waals surface area contributed by atoms with Gasteiger partial charge in [-0.1, -0.05) is 39.0 Å². The van der Waals surface area contributed by atoms with Crippen molar-refractivity contribution in [3.63, 3.8) is 0 Å². The van der Waals surface area contributed by atoms with Crippen LogP contribution < -0.4 is 4.90 Å². The second kappa shape index (κ2) is 4.37. The zero-order chi connectivity index (χ0) is 14.5. The van der Waals surface area contributed by atoms with Gasteiger partial charge < -0.3 is 4.90 Å². The molecule has 1 heteroatoms. The van der Waals surface area contributed by atoms with E-state index in [1.165, 1.54) is 28.1 Å². The minimum Gasteiger partial charge on any atom is -0.334 e. The van der Waals surface area contributed by atoms with Crippen LogP contribution in [0.1, 0.15) is 40.2 Å². The predicted octanol–water partition coefficient (Wildman–Crippen LogP) is 4.77. The molecule has 20 heavy (non-hydrogen) atoms. The monoisotopic (exact) mass is 264 g/mol. The molecule has 0 N–H and O–H groups in total. The normalized spacial score (nSPS) is 21.6. The first kappa shape index (κ1) is 13.2. The number of nitrogens with zero attached hydrogens (tertiary/aromatic N) is 1. The molecule has 0 spiro atoms. The lowest BCUT2D eigenvalue weighted by Crippen LogP contribution is -2.27. The molecule has 103 valence electrons. The molecule has 3 rings (SSSR count). The summed E-state index contributed by atoms with van der Waals surface area (Å²) < 4.78 is 0. The van der Waals surface area contributed by atoms with Crippen LogP contribution in [-0.4, -0.2) is 6.04 Å². The molecule has 2 aliphatic rings. The van der Waals surface area contributed by atoms with Crippen molar-refractivity contribution in [3.05, 3.63) is 64.9 Å². The van der Waals surface area contributed by atoms with E-state index in [2.05, 4.69) is 82.0 Å². The highest BCUT2D eigenvalue weighted by atomic mass is 15.2. The van der Waals surface area contributed by atoms with Gasteiger partial charge in [-0.25, -0.2) is 0 Å². The smallest absolute Gasteiger partial charge is 0.0784 e. The summed E-state index contributed by atoms with van der Waals surface area (Å²) in [4.78, 5) is 2.39. The number of anilines is 1. The Morgan fingerprint density at radius 2 is 1.70 bits per heavy atom. The molecule has 0 bridgehead atoms. The van der Waals surface area contributed by atoms with Gasteiger partial charge in [-0.05, 0) is 60.3 Å². The number of hydrogen-bond acceptors (Lipinski definition) is 1. The minimum absolute atomic E-state index is 0.205. The summed E-state index contributed by atoms with van der Waals surface area (Å²) in [5.74, 6) is 0. The molecular weight excluding hydrogens is 242 g/mol. The number of allylic oxidation sites excluding steroid dienone is 3. The molecule has 0 saturated heterocycles. The summed E-state index contributed by atoms with van der Waals surface area (Å²) in [7, 11) is 0. The van der Waals surface area contributed by atoms with Crippen molar-refractivity contribution in [1.82, 2.24) is 0 Å². The van der Waals surface area contributed by atoms with E-state index in [-0.39, 0.29) is 5.41 Å². The molecule has 0 saturated carbocycles. The molecule has 1 aromatic rings. The van der Waals surface area contributed by atoms with Crippen LogP contribution in [-0.2, 0) is 5.41 Å². The quantitative estimate of drug-likeness (QED) is 0.706. The number of fused-ring (bicyclic) bond motifs is 1. The average Bonchev–Trinajstić information content (AvgIpc) is 2.82. The summed E-state index contributed by atoms with van der Waals surface area (Å²) in [5.41, 5.74) is 6.67. The fraction of sp³-hybridized carbons (Fsp3) is 0.368. The van der Waals surface area contributed by atoms with Crippen molar-refractivity contribution >= 4 is 5.69 Å². The Kier molecular flexibility index (Phi) is 2.89. The second-order valence-electron chi connectivity index (χ2n) is 6.83. The van der Waals surface area contributed by atoms with Crippen LogP contribution in [0.15, 0.2) is 53.3 Å². The van der Waals surface area contributed by atoms with E-state index in [1.54, 1.807) is 0 Å². The molecule has 1 radical (unpaired) electrons. The Morgan fingerprint density at radius 3 is 2.30 bits per heavy atom. The van der Waals surface area contributed by atoms with E-state index in [4.69, 9.17) is 0 Å². The first-order valence-electron chi connectivity index (χ1n) is 7.26. The van der Waals surface area contributed by atoms with Gasteiger partial charge in [0, 0.05) is 11.4 Å². The molecule has 0 fully saturated rings. The third kappa shape index (κ3) is 2.11. The minimum atomic E-state index is 0.205. The van der Waals surface area contributed by atoms with Gasteiger partial charge in [-0.2, -0.15) is 0 Å². The number of benzene rings is 1. The highest BCUT2D eigenvalue weighted by Gasteiger charge is 2.30. The fourth-order valence-electron chi connectivity index (χ4n) is 3.01. The van der Waals surface area contributed by atoms with Crippen LogP contribution in [0, 0.1) is 6.08 Å². The predicted molar refractivity (Wildman–Crippen MR) is 85.7 cm³/mol. The van der Waals surface area contributed by atoms with Crippen LogP contribution >= 0.6 is 0 Å². The molecule has 0 amide bonds. The topological polar surface area (TPSA) is 3.24 Å². The maximum absolute atomic E-state index is 3.44. The fourth-order valence-corrected chi connectivity index (χ4v) is 3.01. The van der Waals surface area contributed by atoms with Crippen molar-refractivity contribution in [2.75, 3.05) is 4.90 Å². The van der Waals surface area contributed by atoms with E-state index in [1.807, 2.05) is 0 Å². The highest BCUT2D eigenvalue weighted by molar-refractivity contribution is 5.65. The van der Waals surface area contributed by atoms with Gasteiger partial charge in [0.25, 0.3) is 0 Å². The van der Waals surface area contributed by atoms with Crippen LogP contribution in [0.4, 0.5) is 5.69 Å². The molecule has 1 atom stereocenters. The van der Waals surface area contributed by atoms with Gasteiger partial charge in [0.1, 0.15) is 0 Å². The maximum atomic E-state index is 3.44. The Hall–Kier alpha value is -1.76. The van der Waals surface area contributed by atoms with E-state index in [0.29, 0.717) is 6.04 Å². The molecule has 1 aliphatic carbocycles. The lowest BCUT2D eigenvalue weighted by atomic mass is 9.87. The third-order valence-electron chi connectivity index (χ3n) is 4.10. The molecule has 0 aromatic heterocycles. The van der Waals surface area contributed by atoms with Crippen molar-refractivity contribution in [2.24, 2.45) is 0 Å². The third-order valence-corrected chi connectivity index (χ3v) is 4.10. The first-order chi connectivity index (χ1) is 9.36. The summed E-state index contributed by atoms with van der Waals surface area (Å²) >= 11 is 0. The SMILES string of the molecule is CC1=CC2C(=[C]1)C=C(C)N2c1ccc(C(C)(C)C)cc1. The van der Waals surface area contributed by atoms with Gasteiger partial charge in [0.2, 0.25) is 0 Å². The lowest BCUT2D eigenvalue weighted by Gasteiger charge is -2.27. The molecule has 1 aliphatic heterocycles. The van der Waals surface area contributed by atoms with Crippen LogP contribution in [0.3, 0.4) is 0 Å². The first-order valence-corrected chi connectivity index (χ1v) is 7.26. The zero-order valence-corrected chi connectivity index (χ0v) is 13.0. The zero-order valence-electron chi connectivity index (χ0n) is 13.0. The molecule has 1 aromatic carbocycles. The van der Waals surface area contributed by atoms with E-state index >= 15 is 0 Å². The van der Waals surface area contributed by atoms with Crippen molar-refractivity contribution in [3.8, 4) is 0 Å². The summed E-state index contributed by atoms with van der Waals surface area (Å²) in [5, 5.41) is 0. The Balaban J connectivity index is 1.94. The van der Waals surface area contributed by atoms with Gasteiger partial charge in [0.15, 0.2) is 0 Å². The lowest BCUT2D eigenvalue weighted by molar-refractivity contribution is 0.590. The van der Waals surface area contributed by atoms with Gasteiger partial charge in [-0.15, -0.1) is 0 Å². The summed E-state index contributed by atoms with van der Waals surface area (Å²) in [6.45, 7) is 11.1. The number of rotatable bonds is 1. The second-order valence-corrected chi connectivity index (χ2v) is 6.83.